The largest absolute Gasteiger partial charge is 0.452 e. The highest BCUT2D eigenvalue weighted by molar-refractivity contribution is 7.90. The molecular weight excluding hydrogens is 330 g/mol. The van der Waals surface area contributed by atoms with E-state index >= 15 is 0 Å². The zero-order chi connectivity index (χ0) is 17.7. The lowest BCUT2D eigenvalue weighted by Gasteiger charge is -2.09. The average Bonchev–Trinajstić information content (AvgIpc) is 2.52. The predicted molar refractivity (Wildman–Crippen MR) is 89.6 cm³/mol. The minimum Gasteiger partial charge on any atom is -0.452 e. The molecule has 0 heterocycles. The van der Waals surface area contributed by atoms with Crippen LogP contribution in [0.5, 0.6) is 0 Å². The highest BCUT2D eigenvalue weighted by Gasteiger charge is 2.20. The molecule has 0 radical (unpaired) electrons. The fourth-order valence-electron chi connectivity index (χ4n) is 2.09. The zero-order valence-corrected chi connectivity index (χ0v) is 14.1. The summed E-state index contributed by atoms with van der Waals surface area (Å²) in [4.78, 5) is 23.8. The molecule has 6 nitrogen and oxygen atoms in total. The molecule has 2 aromatic rings. The van der Waals surface area contributed by atoms with Crippen LogP contribution in [-0.2, 0) is 19.4 Å². The number of hydrogen-bond donors (Lipinski definition) is 1. The van der Waals surface area contributed by atoms with Crippen LogP contribution < -0.4 is 5.32 Å². The van der Waals surface area contributed by atoms with Gasteiger partial charge in [-0.1, -0.05) is 24.3 Å². The molecule has 0 atom stereocenters. The highest BCUT2D eigenvalue weighted by Crippen LogP contribution is 2.16. The highest BCUT2D eigenvalue weighted by atomic mass is 32.2. The number of anilines is 1. The lowest BCUT2D eigenvalue weighted by molar-refractivity contribution is -0.119. The van der Waals surface area contributed by atoms with E-state index in [0.29, 0.717) is 5.69 Å². The molecule has 0 unspecified atom stereocenters. The van der Waals surface area contributed by atoms with Crippen LogP contribution in [0.2, 0.25) is 0 Å². The van der Waals surface area contributed by atoms with Gasteiger partial charge in [-0.3, -0.25) is 4.79 Å². The summed E-state index contributed by atoms with van der Waals surface area (Å²) in [5.41, 5.74) is 1.47. The first-order chi connectivity index (χ1) is 11.3. The van der Waals surface area contributed by atoms with Crippen LogP contribution in [0.4, 0.5) is 5.69 Å². The van der Waals surface area contributed by atoms with Crippen molar-refractivity contribution in [3.63, 3.8) is 0 Å². The Hall–Kier alpha value is -2.67. The van der Waals surface area contributed by atoms with E-state index in [9.17, 15) is 18.0 Å². The van der Waals surface area contributed by atoms with E-state index in [1.807, 2.05) is 13.0 Å². The average molecular weight is 347 g/mol. The minimum atomic E-state index is -3.57. The second-order valence-electron chi connectivity index (χ2n) is 5.26. The molecule has 126 valence electrons. The Morgan fingerprint density at radius 2 is 1.79 bits per heavy atom. The monoisotopic (exact) mass is 347 g/mol. The second kappa shape index (κ2) is 7.27. The van der Waals surface area contributed by atoms with E-state index in [2.05, 4.69) is 5.32 Å². The van der Waals surface area contributed by atoms with E-state index in [0.717, 1.165) is 11.8 Å². The van der Waals surface area contributed by atoms with Crippen LogP contribution in [0, 0.1) is 6.92 Å². The first kappa shape index (κ1) is 17.7. The summed E-state index contributed by atoms with van der Waals surface area (Å²) in [6.07, 6.45) is 1.00. The molecule has 0 fully saturated rings. The summed E-state index contributed by atoms with van der Waals surface area (Å²) in [6, 6.07) is 12.9. The van der Waals surface area contributed by atoms with Crippen LogP contribution >= 0.6 is 0 Å². The second-order valence-corrected chi connectivity index (χ2v) is 7.25. The van der Waals surface area contributed by atoms with Crippen molar-refractivity contribution in [2.75, 3.05) is 18.2 Å². The van der Waals surface area contributed by atoms with Crippen LogP contribution in [-0.4, -0.2) is 33.2 Å². The fraction of sp³-hybridized carbons (Fsp3) is 0.176. The van der Waals surface area contributed by atoms with Gasteiger partial charge < -0.3 is 10.1 Å². The first-order valence-corrected chi connectivity index (χ1v) is 8.99. The molecule has 0 aliphatic heterocycles. The van der Waals surface area contributed by atoms with Gasteiger partial charge >= 0.3 is 5.97 Å². The number of nitrogens with one attached hydrogen (secondary N) is 1. The van der Waals surface area contributed by atoms with Gasteiger partial charge in [0, 0.05) is 11.9 Å². The number of hydrogen-bond acceptors (Lipinski definition) is 5. The van der Waals surface area contributed by atoms with Crippen molar-refractivity contribution in [3.8, 4) is 0 Å². The Morgan fingerprint density at radius 1 is 1.08 bits per heavy atom. The zero-order valence-electron chi connectivity index (χ0n) is 13.3. The van der Waals surface area contributed by atoms with E-state index in [4.69, 9.17) is 4.74 Å². The van der Waals surface area contributed by atoms with E-state index < -0.39 is 28.3 Å². The summed E-state index contributed by atoms with van der Waals surface area (Å²) in [7, 11) is -3.57. The topological polar surface area (TPSA) is 89.5 Å². The maximum absolute atomic E-state index is 12.1. The number of aryl methyl sites for hydroxylation is 1. The fourth-order valence-corrected chi connectivity index (χ4v) is 2.96. The molecule has 0 bridgehead atoms. The molecule has 0 saturated carbocycles. The summed E-state index contributed by atoms with van der Waals surface area (Å²) in [5, 5.41) is 2.60. The number of carbonyl (C=O) groups excluding carboxylic acids is 2. The van der Waals surface area contributed by atoms with Crippen molar-refractivity contribution >= 4 is 27.4 Å². The number of amides is 1. The quantitative estimate of drug-likeness (QED) is 0.838. The number of benzene rings is 2. The molecule has 0 aliphatic carbocycles. The number of ether oxygens (including phenoxy) is 1. The van der Waals surface area contributed by atoms with Gasteiger partial charge in [-0.2, -0.15) is 0 Å². The molecule has 0 spiro atoms. The van der Waals surface area contributed by atoms with Crippen LogP contribution in [0.15, 0.2) is 53.4 Å². The molecule has 1 amide bonds. The van der Waals surface area contributed by atoms with Crippen molar-refractivity contribution < 1.29 is 22.7 Å². The lowest BCUT2D eigenvalue weighted by atomic mass is 10.2. The van der Waals surface area contributed by atoms with Crippen LogP contribution in [0.3, 0.4) is 0 Å². The molecule has 7 heteroatoms. The maximum Gasteiger partial charge on any atom is 0.339 e. The Labute approximate surface area is 140 Å². The van der Waals surface area contributed by atoms with E-state index in [1.54, 1.807) is 18.2 Å². The van der Waals surface area contributed by atoms with Gasteiger partial charge in [0.15, 0.2) is 16.4 Å². The molecular formula is C17H17NO5S. The Balaban J connectivity index is 2.02. The van der Waals surface area contributed by atoms with Gasteiger partial charge in [0.05, 0.1) is 10.5 Å². The number of sulfone groups is 1. The van der Waals surface area contributed by atoms with Crippen molar-refractivity contribution in [1.29, 1.82) is 0 Å². The van der Waals surface area contributed by atoms with Gasteiger partial charge in [-0.05, 0) is 36.8 Å². The number of esters is 1. The third-order valence-corrected chi connectivity index (χ3v) is 4.30. The van der Waals surface area contributed by atoms with Crippen molar-refractivity contribution in [2.45, 2.75) is 11.8 Å². The predicted octanol–water partition coefficient (Wildman–Crippen LogP) is 2.19. The molecule has 0 aliphatic rings. The van der Waals surface area contributed by atoms with Gasteiger partial charge in [0.25, 0.3) is 5.91 Å². The van der Waals surface area contributed by atoms with Crippen molar-refractivity contribution in [2.24, 2.45) is 0 Å². The number of rotatable bonds is 5. The normalized spacial score (nSPS) is 10.9. The Kier molecular flexibility index (Phi) is 5.35. The van der Waals surface area contributed by atoms with Gasteiger partial charge in [-0.25, -0.2) is 13.2 Å². The molecule has 24 heavy (non-hydrogen) atoms. The van der Waals surface area contributed by atoms with Crippen LogP contribution in [0.1, 0.15) is 15.9 Å². The third kappa shape index (κ3) is 4.66. The SMILES string of the molecule is Cc1cccc(NC(=O)COC(=O)c2ccccc2S(C)(=O)=O)c1. The summed E-state index contributed by atoms with van der Waals surface area (Å²) >= 11 is 0. The molecule has 2 aromatic carbocycles. The number of carbonyl (C=O) groups is 2. The molecule has 0 aromatic heterocycles. The van der Waals surface area contributed by atoms with Crippen molar-refractivity contribution in [3.05, 3.63) is 59.7 Å². The molecule has 1 N–H and O–H groups in total. The minimum absolute atomic E-state index is 0.0941. The Morgan fingerprint density at radius 3 is 2.46 bits per heavy atom. The molecule has 2 rings (SSSR count). The van der Waals surface area contributed by atoms with Crippen molar-refractivity contribution in [1.82, 2.24) is 0 Å². The van der Waals surface area contributed by atoms with Gasteiger partial charge in [-0.15, -0.1) is 0 Å². The van der Waals surface area contributed by atoms with Crippen LogP contribution in [0.25, 0.3) is 0 Å². The maximum atomic E-state index is 12.1. The van der Waals surface area contributed by atoms with Gasteiger partial charge in [0.2, 0.25) is 0 Å². The summed E-state index contributed by atoms with van der Waals surface area (Å²) < 4.78 is 28.3. The van der Waals surface area contributed by atoms with Gasteiger partial charge in [0.1, 0.15) is 0 Å². The molecule has 0 saturated heterocycles. The van der Waals surface area contributed by atoms with E-state index in [1.165, 1.54) is 24.3 Å². The lowest BCUT2D eigenvalue weighted by Crippen LogP contribution is -2.21. The Bertz CT molecular complexity index is 874. The first-order valence-electron chi connectivity index (χ1n) is 7.10. The van der Waals surface area contributed by atoms with E-state index in [-0.39, 0.29) is 10.5 Å². The smallest absolute Gasteiger partial charge is 0.339 e. The standard InChI is InChI=1S/C17H17NO5S/c1-12-6-5-7-13(10-12)18-16(19)11-23-17(20)14-8-3-4-9-15(14)24(2,21)22/h3-10H,11H2,1-2H3,(H,18,19). The summed E-state index contributed by atoms with van der Waals surface area (Å²) in [6.45, 7) is 1.38. The third-order valence-electron chi connectivity index (χ3n) is 3.14. The summed E-state index contributed by atoms with van der Waals surface area (Å²) in [5.74, 6) is -1.37.